The third-order valence-electron chi connectivity index (χ3n) is 3.38. The van der Waals surface area contributed by atoms with E-state index in [4.69, 9.17) is 4.74 Å². The van der Waals surface area contributed by atoms with Crippen LogP contribution in [0.3, 0.4) is 0 Å². The Morgan fingerprint density at radius 3 is 2.77 bits per heavy atom. The van der Waals surface area contributed by atoms with Gasteiger partial charge in [0.05, 0.1) is 13.7 Å². The molecule has 0 bridgehead atoms. The molecule has 0 aliphatic rings. The lowest BCUT2D eigenvalue weighted by Gasteiger charge is -2.12. The second-order valence-electron chi connectivity index (χ2n) is 4.92. The molecule has 1 aromatic carbocycles. The minimum atomic E-state index is -0.830. The lowest BCUT2D eigenvalue weighted by molar-refractivity contribution is 0.0593. The molecule has 0 unspecified atom stereocenters. The lowest BCUT2D eigenvalue weighted by atomic mass is 10.1. The van der Waals surface area contributed by atoms with E-state index in [1.807, 2.05) is 0 Å². The number of ether oxygens (including phenoxy) is 2. The first-order chi connectivity index (χ1) is 10.6. The number of benzene rings is 1. The highest BCUT2D eigenvalue weighted by molar-refractivity contribution is 5.95. The van der Waals surface area contributed by atoms with Gasteiger partial charge in [-0.15, -0.1) is 4.73 Å². The Labute approximate surface area is 127 Å². The van der Waals surface area contributed by atoms with E-state index in [2.05, 4.69) is 11.7 Å². The number of para-hydroxylation sites is 1. The molecule has 0 atom stereocenters. The second-order valence-corrected chi connectivity index (χ2v) is 4.92. The molecule has 1 heterocycles. The Hall–Kier alpha value is -2.50. The van der Waals surface area contributed by atoms with Crippen molar-refractivity contribution in [3.05, 3.63) is 40.2 Å². The van der Waals surface area contributed by atoms with E-state index < -0.39 is 11.5 Å². The smallest absolute Gasteiger partial charge is 0.343 e. The molecule has 1 aromatic heterocycles. The number of methoxy groups -OCH3 is 1. The second kappa shape index (κ2) is 6.98. The first-order valence-corrected chi connectivity index (χ1v) is 7.19. The summed E-state index contributed by atoms with van der Waals surface area (Å²) >= 11 is 0. The average molecular weight is 305 g/mol. The number of fused-ring (bicyclic) bond motifs is 1. The molecule has 6 nitrogen and oxygen atoms in total. The van der Waals surface area contributed by atoms with Crippen molar-refractivity contribution in [1.29, 1.82) is 0 Å². The third kappa shape index (κ3) is 3.05. The number of carbonyl (C=O) groups excluding carboxylic acids is 1. The predicted molar refractivity (Wildman–Crippen MR) is 81.8 cm³/mol. The zero-order valence-corrected chi connectivity index (χ0v) is 12.7. The fraction of sp³-hybridized carbons (Fsp3) is 0.375. The van der Waals surface area contributed by atoms with Gasteiger partial charge in [-0.25, -0.2) is 4.79 Å². The number of hydrogen-bond donors (Lipinski definition) is 1. The number of carbonyl (C=O) groups is 1. The molecule has 6 heteroatoms. The predicted octanol–water partition coefficient (Wildman–Crippen LogP) is 2.59. The van der Waals surface area contributed by atoms with Crippen LogP contribution >= 0.6 is 0 Å². The van der Waals surface area contributed by atoms with Gasteiger partial charge >= 0.3 is 5.97 Å². The van der Waals surface area contributed by atoms with Crippen molar-refractivity contribution in [2.75, 3.05) is 13.7 Å². The largest absolute Gasteiger partial charge is 0.491 e. The number of rotatable bonds is 6. The molecule has 22 heavy (non-hydrogen) atoms. The molecule has 0 aliphatic heterocycles. The highest BCUT2D eigenvalue weighted by Gasteiger charge is 2.18. The molecule has 0 aliphatic carbocycles. The average Bonchev–Trinajstić information content (AvgIpc) is 2.54. The van der Waals surface area contributed by atoms with Crippen LogP contribution in [0.5, 0.6) is 5.75 Å². The van der Waals surface area contributed by atoms with Gasteiger partial charge in [0.25, 0.3) is 5.56 Å². The Kier molecular flexibility index (Phi) is 5.04. The summed E-state index contributed by atoms with van der Waals surface area (Å²) in [6.45, 7) is 2.59. The SMILES string of the molecule is CCCCCOc1cccc2cc(C(=O)OC)c(=O)n(O)c12. The number of esters is 1. The topological polar surface area (TPSA) is 77.8 Å². The van der Waals surface area contributed by atoms with Gasteiger partial charge in [-0.3, -0.25) is 4.79 Å². The summed E-state index contributed by atoms with van der Waals surface area (Å²) in [6.07, 6.45) is 3.01. The summed E-state index contributed by atoms with van der Waals surface area (Å²) in [5, 5.41) is 10.6. The maximum Gasteiger partial charge on any atom is 0.343 e. The Morgan fingerprint density at radius 2 is 2.09 bits per heavy atom. The number of nitrogens with zero attached hydrogens (tertiary/aromatic N) is 1. The van der Waals surface area contributed by atoms with Crippen LogP contribution in [0.15, 0.2) is 29.1 Å². The van der Waals surface area contributed by atoms with Gasteiger partial charge in [0, 0.05) is 5.39 Å². The van der Waals surface area contributed by atoms with Gasteiger partial charge in [0.2, 0.25) is 0 Å². The van der Waals surface area contributed by atoms with Gasteiger partial charge in [-0.05, 0) is 18.6 Å². The molecular weight excluding hydrogens is 286 g/mol. The summed E-state index contributed by atoms with van der Waals surface area (Å²) in [6, 6.07) is 6.50. The summed E-state index contributed by atoms with van der Waals surface area (Å²) < 4.78 is 10.6. The number of hydrogen-bond acceptors (Lipinski definition) is 5. The van der Waals surface area contributed by atoms with Gasteiger partial charge in [-0.2, -0.15) is 0 Å². The molecule has 2 rings (SSSR count). The van der Waals surface area contributed by atoms with Crippen LogP contribution < -0.4 is 10.3 Å². The number of pyridine rings is 1. The zero-order valence-electron chi connectivity index (χ0n) is 12.7. The van der Waals surface area contributed by atoms with Crippen molar-refractivity contribution in [2.45, 2.75) is 26.2 Å². The molecule has 1 N–H and O–H groups in total. The monoisotopic (exact) mass is 305 g/mol. The van der Waals surface area contributed by atoms with E-state index in [0.717, 1.165) is 19.3 Å². The maximum absolute atomic E-state index is 12.1. The standard InChI is InChI=1S/C16H19NO5/c1-3-4-5-9-22-13-8-6-7-11-10-12(16(19)21-2)15(18)17(20)14(11)13/h6-8,10,20H,3-5,9H2,1-2H3. The Balaban J connectivity index is 2.46. The van der Waals surface area contributed by atoms with Crippen LogP contribution in [0.25, 0.3) is 10.9 Å². The van der Waals surface area contributed by atoms with Crippen molar-refractivity contribution in [3.63, 3.8) is 0 Å². The molecule has 0 amide bonds. The summed E-state index contributed by atoms with van der Waals surface area (Å²) in [5.41, 5.74) is -0.804. The summed E-state index contributed by atoms with van der Waals surface area (Å²) in [5.74, 6) is -0.381. The van der Waals surface area contributed by atoms with Gasteiger partial charge in [0.1, 0.15) is 16.8 Å². The first-order valence-electron chi connectivity index (χ1n) is 7.19. The molecule has 118 valence electrons. The Morgan fingerprint density at radius 1 is 1.32 bits per heavy atom. The molecule has 0 saturated heterocycles. The van der Waals surface area contributed by atoms with E-state index in [1.54, 1.807) is 18.2 Å². The van der Waals surface area contributed by atoms with Crippen molar-refractivity contribution >= 4 is 16.9 Å². The highest BCUT2D eigenvalue weighted by Crippen LogP contribution is 2.25. The fourth-order valence-electron chi connectivity index (χ4n) is 2.22. The molecule has 0 spiro atoms. The number of unbranched alkanes of at least 4 members (excludes halogenated alkanes) is 2. The van der Waals surface area contributed by atoms with Crippen LogP contribution in [0.4, 0.5) is 0 Å². The number of aromatic nitrogens is 1. The summed E-state index contributed by atoms with van der Waals surface area (Å²) in [7, 11) is 1.18. The third-order valence-corrected chi connectivity index (χ3v) is 3.38. The van der Waals surface area contributed by atoms with E-state index in [-0.39, 0.29) is 11.1 Å². The maximum atomic E-state index is 12.1. The van der Waals surface area contributed by atoms with Gasteiger partial charge in [-0.1, -0.05) is 31.9 Å². The summed E-state index contributed by atoms with van der Waals surface area (Å²) in [4.78, 5) is 23.6. The molecule has 2 aromatic rings. The molecule has 0 saturated carbocycles. The van der Waals surface area contributed by atoms with E-state index in [9.17, 15) is 14.8 Å². The van der Waals surface area contributed by atoms with Crippen LogP contribution in [-0.2, 0) is 4.74 Å². The lowest BCUT2D eigenvalue weighted by Crippen LogP contribution is -2.26. The van der Waals surface area contributed by atoms with E-state index in [1.165, 1.54) is 13.2 Å². The van der Waals surface area contributed by atoms with E-state index in [0.29, 0.717) is 22.5 Å². The zero-order chi connectivity index (χ0) is 16.1. The van der Waals surface area contributed by atoms with Gasteiger partial charge < -0.3 is 14.7 Å². The Bertz CT molecular complexity index is 735. The van der Waals surface area contributed by atoms with Gasteiger partial charge in [0.15, 0.2) is 0 Å². The minimum Gasteiger partial charge on any atom is -0.491 e. The van der Waals surface area contributed by atoms with Crippen molar-refractivity contribution < 1.29 is 19.5 Å². The van der Waals surface area contributed by atoms with Crippen LogP contribution in [-0.4, -0.2) is 29.6 Å². The van der Waals surface area contributed by atoms with Crippen LogP contribution in [0.2, 0.25) is 0 Å². The fourth-order valence-corrected chi connectivity index (χ4v) is 2.22. The van der Waals surface area contributed by atoms with Crippen LogP contribution in [0, 0.1) is 0 Å². The quantitative estimate of drug-likeness (QED) is 0.504. The first kappa shape index (κ1) is 15.9. The minimum absolute atomic E-state index is 0.222. The molecule has 0 radical (unpaired) electrons. The van der Waals surface area contributed by atoms with Crippen LogP contribution in [0.1, 0.15) is 36.5 Å². The molecular formula is C16H19NO5. The van der Waals surface area contributed by atoms with Crippen molar-refractivity contribution in [1.82, 2.24) is 4.73 Å². The van der Waals surface area contributed by atoms with E-state index >= 15 is 0 Å². The normalized spacial score (nSPS) is 10.6. The molecule has 0 fully saturated rings. The van der Waals surface area contributed by atoms with Crippen molar-refractivity contribution in [2.24, 2.45) is 0 Å². The highest BCUT2D eigenvalue weighted by atomic mass is 16.5. The van der Waals surface area contributed by atoms with Crippen molar-refractivity contribution in [3.8, 4) is 5.75 Å².